The van der Waals surface area contributed by atoms with Gasteiger partial charge in [0.2, 0.25) is 0 Å². The Morgan fingerprint density at radius 3 is 1.85 bits per heavy atom. The van der Waals surface area contributed by atoms with Crippen LogP contribution in [0, 0.1) is 0 Å². The van der Waals surface area contributed by atoms with Crippen molar-refractivity contribution < 1.29 is 28.3 Å². The van der Waals surface area contributed by atoms with Crippen molar-refractivity contribution in [2.24, 2.45) is 0 Å². The number of hydrogen-bond donors (Lipinski definition) is 2. The lowest BCUT2D eigenvalue weighted by molar-refractivity contribution is 0.0287. The van der Waals surface area contributed by atoms with Crippen molar-refractivity contribution in [1.82, 2.24) is 0 Å². The van der Waals surface area contributed by atoms with E-state index in [1.807, 2.05) is 0 Å². The molecule has 0 saturated heterocycles. The molecule has 0 aromatic heterocycles. The van der Waals surface area contributed by atoms with Crippen molar-refractivity contribution in [2.75, 3.05) is 26.4 Å². The summed E-state index contributed by atoms with van der Waals surface area (Å²) in [7, 11) is -3.64. The van der Waals surface area contributed by atoms with E-state index in [9.17, 15) is 9.67 Å². The number of hydrogen-bond acceptors (Lipinski definition) is 6. The summed E-state index contributed by atoms with van der Waals surface area (Å²) in [6.45, 7) is 4.01. The summed E-state index contributed by atoms with van der Waals surface area (Å²) < 4.78 is 27.8. The highest BCUT2D eigenvalue weighted by atomic mass is 31.2. The van der Waals surface area contributed by atoms with E-state index in [-0.39, 0.29) is 6.61 Å². The van der Waals surface area contributed by atoms with Gasteiger partial charge in [-0.05, 0) is 12.8 Å². The molecule has 0 aromatic rings. The van der Waals surface area contributed by atoms with Gasteiger partial charge in [-0.15, -0.1) is 0 Å². The zero-order valence-corrected chi connectivity index (χ0v) is 13.5. The number of aliphatic hydroxyl groups excluding tert-OH is 2. The van der Waals surface area contributed by atoms with Crippen LogP contribution < -0.4 is 0 Å². The summed E-state index contributed by atoms with van der Waals surface area (Å²) in [6.07, 6.45) is 4.52. The summed E-state index contributed by atoms with van der Waals surface area (Å²) >= 11 is 0. The molecule has 0 aliphatic carbocycles. The topological polar surface area (TPSA) is 85.2 Å². The van der Waals surface area contributed by atoms with E-state index < -0.39 is 20.5 Å². The molecule has 6 nitrogen and oxygen atoms in total. The first-order valence-corrected chi connectivity index (χ1v) is 8.86. The Morgan fingerprint density at radius 2 is 1.45 bits per heavy atom. The van der Waals surface area contributed by atoms with Gasteiger partial charge >= 0.3 is 7.82 Å². The average molecular weight is 312 g/mol. The number of phosphoric acid groups is 1. The molecule has 122 valence electrons. The highest BCUT2D eigenvalue weighted by Crippen LogP contribution is 2.49. The van der Waals surface area contributed by atoms with Gasteiger partial charge < -0.3 is 10.2 Å². The predicted molar refractivity (Wildman–Crippen MR) is 77.6 cm³/mol. The van der Waals surface area contributed by atoms with Gasteiger partial charge in [-0.25, -0.2) is 4.57 Å². The fourth-order valence-corrected chi connectivity index (χ4v) is 2.68. The Labute approximate surface area is 122 Å². The standard InChI is InChI=1S/C13H29O6P/c1-3-5-7-9-17-20(16,18-10-8-6-4-2)19-12-13(15)11-14/h13-15H,3-12H2,1-2H3. The Bertz CT molecular complexity index is 245. The number of rotatable bonds is 14. The summed E-state index contributed by atoms with van der Waals surface area (Å²) in [5.41, 5.74) is 0. The Kier molecular flexibility index (Phi) is 12.8. The third-order valence-corrected chi connectivity index (χ3v) is 4.09. The Morgan fingerprint density at radius 1 is 0.950 bits per heavy atom. The highest BCUT2D eigenvalue weighted by Gasteiger charge is 2.27. The molecular weight excluding hydrogens is 283 g/mol. The van der Waals surface area contributed by atoms with Crippen LogP contribution >= 0.6 is 7.82 Å². The molecule has 0 bridgehead atoms. The first-order chi connectivity index (χ1) is 9.58. The Balaban J connectivity index is 4.15. The van der Waals surface area contributed by atoms with Gasteiger partial charge in [0.25, 0.3) is 0 Å². The maximum Gasteiger partial charge on any atom is 0.474 e. The molecule has 0 fully saturated rings. The minimum Gasteiger partial charge on any atom is -0.394 e. The molecule has 0 aromatic carbocycles. The normalized spacial score (nSPS) is 13.6. The zero-order chi connectivity index (χ0) is 15.3. The third kappa shape index (κ3) is 10.8. The van der Waals surface area contributed by atoms with Crippen molar-refractivity contribution >= 4 is 7.82 Å². The number of phosphoric ester groups is 1. The monoisotopic (exact) mass is 312 g/mol. The summed E-state index contributed by atoms with van der Waals surface area (Å²) in [4.78, 5) is 0. The molecule has 2 N–H and O–H groups in total. The molecule has 0 spiro atoms. The molecule has 0 aliphatic rings. The number of aliphatic hydroxyl groups is 2. The maximum absolute atomic E-state index is 12.3. The van der Waals surface area contributed by atoms with Crippen LogP contribution in [-0.4, -0.2) is 42.7 Å². The lowest BCUT2D eigenvalue weighted by Crippen LogP contribution is -2.19. The second-order valence-electron chi connectivity index (χ2n) is 4.66. The molecule has 0 radical (unpaired) electrons. The van der Waals surface area contributed by atoms with Gasteiger partial charge in [0.05, 0.1) is 26.4 Å². The smallest absolute Gasteiger partial charge is 0.394 e. The molecule has 7 heteroatoms. The van der Waals surface area contributed by atoms with Crippen molar-refractivity contribution in [3.8, 4) is 0 Å². The first-order valence-electron chi connectivity index (χ1n) is 7.40. The van der Waals surface area contributed by atoms with Crippen LogP contribution in [0.4, 0.5) is 0 Å². The van der Waals surface area contributed by atoms with E-state index in [4.69, 9.17) is 18.7 Å². The highest BCUT2D eigenvalue weighted by molar-refractivity contribution is 7.48. The fourth-order valence-electron chi connectivity index (χ4n) is 1.40. The summed E-state index contributed by atoms with van der Waals surface area (Å²) in [5, 5.41) is 18.0. The predicted octanol–water partition coefficient (Wildman–Crippen LogP) is 2.88. The Hall–Kier alpha value is 0.0300. The zero-order valence-electron chi connectivity index (χ0n) is 12.6. The van der Waals surface area contributed by atoms with E-state index in [0.29, 0.717) is 13.2 Å². The van der Waals surface area contributed by atoms with E-state index in [1.54, 1.807) is 0 Å². The minimum atomic E-state index is -3.64. The van der Waals surface area contributed by atoms with Crippen LogP contribution in [0.5, 0.6) is 0 Å². The molecular formula is C13H29O6P. The lowest BCUT2D eigenvalue weighted by atomic mass is 10.3. The summed E-state index contributed by atoms with van der Waals surface area (Å²) in [5.74, 6) is 0. The van der Waals surface area contributed by atoms with Crippen LogP contribution in [0.15, 0.2) is 0 Å². The number of unbranched alkanes of at least 4 members (excludes halogenated alkanes) is 4. The quantitative estimate of drug-likeness (QED) is 0.379. The molecule has 0 saturated carbocycles. The van der Waals surface area contributed by atoms with Crippen LogP contribution in [0.2, 0.25) is 0 Å². The van der Waals surface area contributed by atoms with Gasteiger partial charge in [-0.1, -0.05) is 39.5 Å². The van der Waals surface area contributed by atoms with E-state index >= 15 is 0 Å². The van der Waals surface area contributed by atoms with E-state index in [2.05, 4.69) is 13.8 Å². The van der Waals surface area contributed by atoms with Crippen molar-refractivity contribution in [3.05, 3.63) is 0 Å². The van der Waals surface area contributed by atoms with Crippen LogP contribution in [-0.2, 0) is 18.1 Å². The van der Waals surface area contributed by atoms with Crippen LogP contribution in [0.1, 0.15) is 52.4 Å². The van der Waals surface area contributed by atoms with Gasteiger partial charge in [-0.2, -0.15) is 0 Å². The molecule has 1 unspecified atom stereocenters. The maximum atomic E-state index is 12.3. The van der Waals surface area contributed by atoms with Gasteiger partial charge in [0.15, 0.2) is 0 Å². The third-order valence-electron chi connectivity index (χ3n) is 2.63. The average Bonchev–Trinajstić information content (AvgIpc) is 2.46. The molecule has 0 aliphatic heterocycles. The van der Waals surface area contributed by atoms with Crippen molar-refractivity contribution in [2.45, 2.75) is 58.5 Å². The van der Waals surface area contributed by atoms with E-state index in [0.717, 1.165) is 38.5 Å². The van der Waals surface area contributed by atoms with Crippen LogP contribution in [0.25, 0.3) is 0 Å². The van der Waals surface area contributed by atoms with Gasteiger partial charge in [0, 0.05) is 0 Å². The van der Waals surface area contributed by atoms with E-state index in [1.165, 1.54) is 0 Å². The van der Waals surface area contributed by atoms with Gasteiger partial charge in [0.1, 0.15) is 6.10 Å². The molecule has 0 amide bonds. The summed E-state index contributed by atoms with van der Waals surface area (Å²) in [6, 6.07) is 0. The largest absolute Gasteiger partial charge is 0.474 e. The first kappa shape index (κ1) is 20.0. The van der Waals surface area contributed by atoms with Gasteiger partial charge in [-0.3, -0.25) is 13.6 Å². The van der Waals surface area contributed by atoms with Crippen LogP contribution in [0.3, 0.4) is 0 Å². The lowest BCUT2D eigenvalue weighted by Gasteiger charge is -2.19. The SMILES string of the molecule is CCCCCOP(=O)(OCCCCC)OCC(O)CO. The second kappa shape index (κ2) is 12.7. The fraction of sp³-hybridized carbons (Fsp3) is 1.00. The minimum absolute atomic E-state index is 0.269. The molecule has 0 heterocycles. The van der Waals surface area contributed by atoms with Crippen molar-refractivity contribution in [1.29, 1.82) is 0 Å². The second-order valence-corrected chi connectivity index (χ2v) is 6.33. The van der Waals surface area contributed by atoms with Crippen molar-refractivity contribution in [3.63, 3.8) is 0 Å². The molecule has 20 heavy (non-hydrogen) atoms. The molecule has 0 rings (SSSR count). The molecule has 1 atom stereocenters.